The van der Waals surface area contributed by atoms with Gasteiger partial charge in [0, 0.05) is 31.1 Å². The zero-order valence-corrected chi connectivity index (χ0v) is 21.2. The molecule has 10 heteroatoms. The van der Waals surface area contributed by atoms with Crippen LogP contribution in [-0.4, -0.2) is 57.3 Å². The fraction of sp³-hybridized carbons (Fsp3) is 0.423. The molecular weight excluding hydrogens is 478 g/mol. The van der Waals surface area contributed by atoms with E-state index in [2.05, 4.69) is 26.6 Å². The van der Waals surface area contributed by atoms with Crippen LogP contribution < -0.4 is 10.5 Å². The number of amides is 2. The number of benzene rings is 1. The van der Waals surface area contributed by atoms with Gasteiger partial charge >= 0.3 is 6.09 Å². The highest BCUT2D eigenvalue weighted by Crippen LogP contribution is 2.39. The number of rotatable bonds is 6. The molecule has 4 aromatic rings. The summed E-state index contributed by atoms with van der Waals surface area (Å²) < 4.78 is 15.3. The average Bonchev–Trinajstić information content (AvgIpc) is 3.31. The molecule has 1 saturated heterocycles. The second kappa shape index (κ2) is 8.85. The van der Waals surface area contributed by atoms with E-state index in [0.717, 1.165) is 35.9 Å². The topological polar surface area (TPSA) is 105 Å². The second-order valence-corrected chi connectivity index (χ2v) is 10.7. The third-order valence-electron chi connectivity index (χ3n) is 7.22. The van der Waals surface area contributed by atoms with Gasteiger partial charge in [-0.15, -0.1) is 11.3 Å². The molecule has 2 aliphatic rings. The number of methoxy groups -OCH3 is 1. The van der Waals surface area contributed by atoms with Gasteiger partial charge in [0.2, 0.25) is 0 Å². The van der Waals surface area contributed by atoms with Gasteiger partial charge in [0.1, 0.15) is 22.2 Å². The Morgan fingerprint density at radius 1 is 1.22 bits per heavy atom. The third-order valence-corrected chi connectivity index (χ3v) is 8.17. The average molecular weight is 508 g/mol. The summed E-state index contributed by atoms with van der Waals surface area (Å²) in [6.07, 6.45) is 2.77. The molecule has 2 fully saturated rings. The lowest BCUT2D eigenvalue weighted by atomic mass is 10.1. The maximum atomic E-state index is 13.4. The number of piperidine rings is 1. The number of nitrogens with two attached hydrogens (primary N) is 1. The van der Waals surface area contributed by atoms with E-state index in [1.165, 1.54) is 23.1 Å². The minimum absolute atomic E-state index is 0.141. The van der Waals surface area contributed by atoms with Crippen LogP contribution in [0.3, 0.4) is 0 Å². The van der Waals surface area contributed by atoms with Gasteiger partial charge < -0.3 is 29.2 Å². The van der Waals surface area contributed by atoms with Crippen LogP contribution in [0.15, 0.2) is 29.6 Å². The van der Waals surface area contributed by atoms with Crippen LogP contribution in [0, 0.1) is 5.92 Å². The Labute approximate surface area is 212 Å². The number of nitrogens with zero attached hydrogens (tertiary/aromatic N) is 4. The van der Waals surface area contributed by atoms with Crippen molar-refractivity contribution in [3.05, 3.63) is 35.2 Å². The number of fused-ring (bicyclic) bond motifs is 2. The Balaban J connectivity index is 1.39. The van der Waals surface area contributed by atoms with Crippen molar-refractivity contribution in [2.45, 2.75) is 38.3 Å². The fourth-order valence-electron chi connectivity index (χ4n) is 5.28. The van der Waals surface area contributed by atoms with Gasteiger partial charge in [-0.1, -0.05) is 0 Å². The molecule has 2 amide bonds. The van der Waals surface area contributed by atoms with Crippen LogP contribution in [-0.2, 0) is 18.3 Å². The van der Waals surface area contributed by atoms with Crippen LogP contribution in [0.2, 0.25) is 0 Å². The standard InChI is InChI=1S/C26H29N5O4S/c1-29-22-19(28-23(29)20-11-16-7-9-36-25(16)31(20)13-15-5-6-15)10-17(12-21(22)34-2)24(32)30-8-3-4-18(14-30)35-26(27)33/h7,9-12,15,18H,3-6,8,13-14H2,1-2H3,(H2,27,33). The van der Waals surface area contributed by atoms with Crippen LogP contribution in [0.1, 0.15) is 36.0 Å². The maximum absolute atomic E-state index is 13.4. The van der Waals surface area contributed by atoms with Gasteiger partial charge in [-0.3, -0.25) is 4.79 Å². The van der Waals surface area contributed by atoms with Gasteiger partial charge in [-0.05, 0) is 61.2 Å². The highest BCUT2D eigenvalue weighted by atomic mass is 32.1. The Kier molecular flexibility index (Phi) is 5.63. The monoisotopic (exact) mass is 507 g/mol. The Hall–Kier alpha value is -3.53. The number of carbonyl (C=O) groups is 2. The van der Waals surface area contributed by atoms with E-state index in [0.29, 0.717) is 36.3 Å². The first-order chi connectivity index (χ1) is 17.4. The molecule has 3 aromatic heterocycles. The van der Waals surface area contributed by atoms with Crippen molar-refractivity contribution >= 4 is 44.6 Å². The minimum atomic E-state index is -0.815. The fourth-order valence-corrected chi connectivity index (χ4v) is 6.19. The van der Waals surface area contributed by atoms with Crippen LogP contribution in [0.5, 0.6) is 5.75 Å². The molecule has 0 spiro atoms. The number of aryl methyl sites for hydroxylation is 1. The summed E-state index contributed by atoms with van der Waals surface area (Å²) in [5.74, 6) is 2.03. The maximum Gasteiger partial charge on any atom is 0.404 e. The SMILES string of the molecule is COc1cc(C(=O)N2CCCC(OC(N)=O)C2)cc2nc(-c3cc4ccsc4n3CC3CC3)n(C)c12. The van der Waals surface area contributed by atoms with E-state index in [1.807, 2.05) is 13.1 Å². The molecule has 9 nitrogen and oxygen atoms in total. The highest BCUT2D eigenvalue weighted by Gasteiger charge is 2.29. The number of thiophene rings is 1. The molecule has 1 unspecified atom stereocenters. The molecule has 0 bridgehead atoms. The Bertz CT molecular complexity index is 1480. The highest BCUT2D eigenvalue weighted by molar-refractivity contribution is 7.16. The first-order valence-corrected chi connectivity index (χ1v) is 13.2. The van der Waals surface area contributed by atoms with Crippen molar-refractivity contribution in [1.29, 1.82) is 0 Å². The van der Waals surface area contributed by atoms with Crippen molar-refractivity contribution < 1.29 is 19.1 Å². The largest absolute Gasteiger partial charge is 0.494 e. The van der Waals surface area contributed by atoms with Crippen LogP contribution >= 0.6 is 11.3 Å². The summed E-state index contributed by atoms with van der Waals surface area (Å²) in [6.45, 7) is 1.91. The van der Waals surface area contributed by atoms with E-state index in [4.69, 9.17) is 20.2 Å². The van der Waals surface area contributed by atoms with Crippen LogP contribution in [0.25, 0.3) is 32.8 Å². The molecule has 2 N–H and O–H groups in total. The summed E-state index contributed by atoms with van der Waals surface area (Å²) >= 11 is 1.76. The van der Waals surface area contributed by atoms with Gasteiger partial charge in [-0.25, -0.2) is 9.78 Å². The van der Waals surface area contributed by atoms with Crippen molar-refractivity contribution in [3.63, 3.8) is 0 Å². The van der Waals surface area contributed by atoms with Crippen molar-refractivity contribution in [1.82, 2.24) is 19.0 Å². The number of carbonyl (C=O) groups excluding carboxylic acids is 2. The molecule has 1 aromatic carbocycles. The van der Waals surface area contributed by atoms with E-state index in [1.54, 1.807) is 29.4 Å². The smallest absolute Gasteiger partial charge is 0.404 e. The lowest BCUT2D eigenvalue weighted by Gasteiger charge is -2.32. The summed E-state index contributed by atoms with van der Waals surface area (Å²) in [7, 11) is 3.60. The quantitative estimate of drug-likeness (QED) is 0.417. The molecule has 1 aliphatic heterocycles. The lowest BCUT2D eigenvalue weighted by molar-refractivity contribution is 0.0373. The summed E-state index contributed by atoms with van der Waals surface area (Å²) in [5, 5.41) is 3.36. The van der Waals surface area contributed by atoms with E-state index in [-0.39, 0.29) is 12.0 Å². The zero-order valence-electron chi connectivity index (χ0n) is 20.4. The first kappa shape index (κ1) is 22.9. The summed E-state index contributed by atoms with van der Waals surface area (Å²) in [6, 6.07) is 7.97. The molecule has 36 heavy (non-hydrogen) atoms. The first-order valence-electron chi connectivity index (χ1n) is 12.3. The Morgan fingerprint density at radius 2 is 2.06 bits per heavy atom. The number of likely N-dealkylation sites (tertiary alicyclic amines) is 1. The van der Waals surface area contributed by atoms with Gasteiger partial charge in [0.05, 0.1) is 24.9 Å². The molecule has 188 valence electrons. The molecule has 6 rings (SSSR count). The molecule has 1 atom stereocenters. The number of ether oxygens (including phenoxy) is 2. The number of primary amides is 1. The van der Waals surface area contributed by atoms with E-state index < -0.39 is 6.09 Å². The zero-order chi connectivity index (χ0) is 25.0. The third kappa shape index (κ3) is 3.99. The van der Waals surface area contributed by atoms with E-state index >= 15 is 0 Å². The molecular formula is C26H29N5O4S. The predicted octanol–water partition coefficient (Wildman–Crippen LogP) is 4.38. The van der Waals surface area contributed by atoms with Crippen molar-refractivity contribution in [2.75, 3.05) is 20.2 Å². The predicted molar refractivity (Wildman–Crippen MR) is 138 cm³/mol. The lowest BCUT2D eigenvalue weighted by Crippen LogP contribution is -2.44. The van der Waals surface area contributed by atoms with Gasteiger partial charge in [0.25, 0.3) is 5.91 Å². The van der Waals surface area contributed by atoms with Gasteiger partial charge in [0.15, 0.2) is 5.82 Å². The number of hydrogen-bond acceptors (Lipinski definition) is 6. The summed E-state index contributed by atoms with van der Waals surface area (Å²) in [4.78, 5) is 32.6. The molecule has 4 heterocycles. The molecule has 1 saturated carbocycles. The van der Waals surface area contributed by atoms with Gasteiger partial charge in [-0.2, -0.15) is 0 Å². The second-order valence-electron chi connectivity index (χ2n) is 9.76. The van der Waals surface area contributed by atoms with Crippen molar-refractivity contribution in [2.24, 2.45) is 18.7 Å². The number of aromatic nitrogens is 3. The van der Waals surface area contributed by atoms with Crippen molar-refractivity contribution in [3.8, 4) is 17.3 Å². The van der Waals surface area contributed by atoms with Crippen LogP contribution in [0.4, 0.5) is 4.79 Å². The Morgan fingerprint density at radius 3 is 2.81 bits per heavy atom. The normalized spacial score (nSPS) is 18.2. The number of imidazole rings is 1. The van der Waals surface area contributed by atoms with E-state index in [9.17, 15) is 9.59 Å². The summed E-state index contributed by atoms with van der Waals surface area (Å²) in [5.41, 5.74) is 8.32. The molecule has 0 radical (unpaired) electrons. The minimum Gasteiger partial charge on any atom is -0.494 e. The number of hydrogen-bond donors (Lipinski definition) is 1. The molecule has 1 aliphatic carbocycles.